The SMILES string of the molecule is COc1ccc(C2(C(Oc3ccc(C(CC(C)(C)C)C(C)(C)CCC(C)(C)CC(c4ccc(O)cc4)C(C)(C)C)cc3)OC(C)C)CCCCC2)cc1. The van der Waals surface area contributed by atoms with Gasteiger partial charge in [-0.25, -0.2) is 0 Å². The van der Waals surface area contributed by atoms with Crippen molar-refractivity contribution < 1.29 is 19.3 Å². The first-order chi connectivity index (χ1) is 24.6. The summed E-state index contributed by atoms with van der Waals surface area (Å²) in [5, 5.41) is 9.96. The number of rotatable bonds is 16. The second kappa shape index (κ2) is 17.2. The standard InChI is InChI=1S/C49H74O4/c1-35(2)52-44(49(29-15-14-16-30-49)38-21-27-40(51-13)28-22-38)53-41-25-19-37(20-26-41)43(33-45(3,4)5)48(11,12)32-31-47(9,10)34-42(46(6,7)8)36-17-23-39(50)24-18-36/h17-28,35,42-44,50H,14-16,29-34H2,1-13H3. The molecule has 0 saturated heterocycles. The van der Waals surface area contributed by atoms with Crippen molar-refractivity contribution in [2.24, 2.45) is 21.7 Å². The summed E-state index contributed by atoms with van der Waals surface area (Å²) >= 11 is 0. The maximum absolute atomic E-state index is 9.96. The number of methoxy groups -OCH3 is 1. The Kier molecular flexibility index (Phi) is 13.9. The number of ether oxygens (including phenoxy) is 3. The molecule has 0 aromatic heterocycles. The number of hydrogen-bond donors (Lipinski definition) is 1. The van der Waals surface area contributed by atoms with Crippen molar-refractivity contribution >= 4 is 0 Å². The zero-order valence-corrected chi connectivity index (χ0v) is 35.8. The van der Waals surface area contributed by atoms with Gasteiger partial charge in [0.15, 0.2) is 0 Å². The van der Waals surface area contributed by atoms with Gasteiger partial charge in [-0.1, -0.05) is 125 Å². The lowest BCUT2D eigenvalue weighted by atomic mass is 9.63. The topological polar surface area (TPSA) is 47.9 Å². The summed E-state index contributed by atoms with van der Waals surface area (Å²) < 4.78 is 19.1. The molecule has 1 N–H and O–H groups in total. The second-order valence-electron chi connectivity index (χ2n) is 20.3. The maximum Gasteiger partial charge on any atom is 0.209 e. The van der Waals surface area contributed by atoms with E-state index in [1.54, 1.807) is 7.11 Å². The lowest BCUT2D eigenvalue weighted by Crippen LogP contribution is -2.47. The third-order valence-electron chi connectivity index (χ3n) is 12.1. The van der Waals surface area contributed by atoms with Gasteiger partial charge in [0.05, 0.1) is 18.6 Å². The third-order valence-corrected chi connectivity index (χ3v) is 12.1. The van der Waals surface area contributed by atoms with Gasteiger partial charge in [-0.05, 0) is 139 Å². The molecule has 1 aliphatic carbocycles. The van der Waals surface area contributed by atoms with Crippen LogP contribution in [-0.2, 0) is 10.2 Å². The van der Waals surface area contributed by atoms with Crippen LogP contribution in [0.2, 0.25) is 0 Å². The van der Waals surface area contributed by atoms with Crippen LogP contribution in [0.25, 0.3) is 0 Å². The monoisotopic (exact) mass is 727 g/mol. The number of benzene rings is 3. The Labute approximate surface area is 324 Å². The zero-order valence-electron chi connectivity index (χ0n) is 35.8. The molecule has 4 rings (SSSR count). The van der Waals surface area contributed by atoms with E-state index in [1.165, 1.54) is 36.0 Å². The number of phenolic OH excluding ortho intramolecular Hbond substituents is 1. The van der Waals surface area contributed by atoms with Crippen molar-refractivity contribution in [3.63, 3.8) is 0 Å². The molecule has 0 radical (unpaired) electrons. The molecule has 0 heterocycles. The van der Waals surface area contributed by atoms with Crippen molar-refractivity contribution in [2.75, 3.05) is 7.11 Å². The molecular weight excluding hydrogens is 653 g/mol. The van der Waals surface area contributed by atoms with E-state index in [0.29, 0.717) is 17.6 Å². The Balaban J connectivity index is 1.57. The third kappa shape index (κ3) is 11.8. The number of aromatic hydroxyl groups is 1. The molecule has 1 aliphatic rings. The summed E-state index contributed by atoms with van der Waals surface area (Å²) in [6.45, 7) is 28.3. The first-order valence-corrected chi connectivity index (χ1v) is 20.5. The molecule has 3 unspecified atom stereocenters. The second-order valence-corrected chi connectivity index (χ2v) is 20.3. The molecule has 3 aromatic carbocycles. The van der Waals surface area contributed by atoms with Crippen LogP contribution < -0.4 is 9.47 Å². The summed E-state index contributed by atoms with van der Waals surface area (Å²) in [7, 11) is 1.72. The highest BCUT2D eigenvalue weighted by Crippen LogP contribution is 2.51. The lowest BCUT2D eigenvalue weighted by Gasteiger charge is -2.44. The Bertz CT molecular complexity index is 1530. The first-order valence-electron chi connectivity index (χ1n) is 20.5. The minimum atomic E-state index is -0.385. The quantitative estimate of drug-likeness (QED) is 0.149. The van der Waals surface area contributed by atoms with E-state index in [4.69, 9.17) is 14.2 Å². The molecule has 4 nitrogen and oxygen atoms in total. The van der Waals surface area contributed by atoms with Gasteiger partial charge in [-0.15, -0.1) is 0 Å². The largest absolute Gasteiger partial charge is 0.508 e. The van der Waals surface area contributed by atoms with E-state index in [0.717, 1.165) is 50.0 Å². The highest BCUT2D eigenvalue weighted by atomic mass is 16.7. The fourth-order valence-corrected chi connectivity index (χ4v) is 8.76. The zero-order chi connectivity index (χ0) is 39.2. The highest BCUT2D eigenvalue weighted by molar-refractivity contribution is 5.36. The molecular formula is C49H74O4. The predicted molar refractivity (Wildman–Crippen MR) is 223 cm³/mol. The van der Waals surface area contributed by atoms with Gasteiger partial charge >= 0.3 is 0 Å². The fraction of sp³-hybridized carbons (Fsp3) is 0.633. The Morgan fingerprint density at radius 2 is 1.17 bits per heavy atom. The van der Waals surface area contributed by atoms with Gasteiger partial charge in [0, 0.05) is 0 Å². The number of phenols is 1. The molecule has 0 amide bonds. The highest BCUT2D eigenvalue weighted by Gasteiger charge is 2.45. The van der Waals surface area contributed by atoms with Crippen molar-refractivity contribution in [1.29, 1.82) is 0 Å². The van der Waals surface area contributed by atoms with Gasteiger partial charge in [0.1, 0.15) is 17.2 Å². The van der Waals surface area contributed by atoms with Crippen LogP contribution in [0.4, 0.5) is 0 Å². The van der Waals surface area contributed by atoms with Crippen molar-refractivity contribution in [3.8, 4) is 17.2 Å². The summed E-state index contributed by atoms with van der Waals surface area (Å²) in [6, 6.07) is 25.5. The molecule has 53 heavy (non-hydrogen) atoms. The van der Waals surface area contributed by atoms with E-state index in [9.17, 15) is 5.11 Å². The molecule has 0 aliphatic heterocycles. The molecule has 1 saturated carbocycles. The minimum Gasteiger partial charge on any atom is -0.508 e. The Morgan fingerprint density at radius 1 is 0.642 bits per heavy atom. The lowest BCUT2D eigenvalue weighted by molar-refractivity contribution is -0.159. The molecule has 1 fully saturated rings. The van der Waals surface area contributed by atoms with Gasteiger partial charge in [0.25, 0.3) is 0 Å². The van der Waals surface area contributed by atoms with Crippen LogP contribution >= 0.6 is 0 Å². The van der Waals surface area contributed by atoms with Crippen LogP contribution in [0.1, 0.15) is 169 Å². The average Bonchev–Trinajstić information content (AvgIpc) is 3.09. The van der Waals surface area contributed by atoms with Crippen molar-refractivity contribution in [2.45, 2.75) is 171 Å². The molecule has 0 spiro atoms. The van der Waals surface area contributed by atoms with Gasteiger partial charge in [0.2, 0.25) is 6.29 Å². The smallest absolute Gasteiger partial charge is 0.209 e. The van der Waals surface area contributed by atoms with Gasteiger partial charge in [-0.3, -0.25) is 0 Å². The van der Waals surface area contributed by atoms with Crippen molar-refractivity contribution in [3.05, 3.63) is 89.5 Å². The fourth-order valence-electron chi connectivity index (χ4n) is 8.76. The van der Waals surface area contributed by atoms with Gasteiger partial charge in [-0.2, -0.15) is 0 Å². The van der Waals surface area contributed by atoms with E-state index < -0.39 is 0 Å². The van der Waals surface area contributed by atoms with E-state index in [-0.39, 0.29) is 39.5 Å². The summed E-state index contributed by atoms with van der Waals surface area (Å²) in [5.41, 5.74) is 4.30. The van der Waals surface area contributed by atoms with Crippen LogP contribution in [0.5, 0.6) is 17.2 Å². The van der Waals surface area contributed by atoms with Crippen molar-refractivity contribution in [1.82, 2.24) is 0 Å². The van der Waals surface area contributed by atoms with Crippen LogP contribution in [0.15, 0.2) is 72.8 Å². The first kappa shape index (κ1) is 42.8. The molecule has 294 valence electrons. The normalized spacial score (nSPS) is 17.3. The Morgan fingerprint density at radius 3 is 1.68 bits per heavy atom. The van der Waals surface area contributed by atoms with E-state index in [1.807, 2.05) is 12.1 Å². The van der Waals surface area contributed by atoms with Crippen LogP contribution in [-0.4, -0.2) is 24.6 Å². The maximum atomic E-state index is 9.96. The van der Waals surface area contributed by atoms with E-state index in [2.05, 4.69) is 144 Å². The summed E-state index contributed by atoms with van der Waals surface area (Å²) in [5.74, 6) is 2.87. The van der Waals surface area contributed by atoms with Gasteiger partial charge < -0.3 is 19.3 Å². The molecule has 3 aromatic rings. The molecule has 0 bridgehead atoms. The molecule has 4 heteroatoms. The summed E-state index contributed by atoms with van der Waals surface area (Å²) in [6.07, 6.45) is 9.82. The molecule has 3 atom stereocenters. The predicted octanol–water partition coefficient (Wildman–Crippen LogP) is 14.0. The van der Waals surface area contributed by atoms with E-state index >= 15 is 0 Å². The summed E-state index contributed by atoms with van der Waals surface area (Å²) in [4.78, 5) is 0. The van der Waals surface area contributed by atoms with Crippen LogP contribution in [0.3, 0.4) is 0 Å². The minimum absolute atomic E-state index is 0.0392. The van der Waals surface area contributed by atoms with Crippen LogP contribution in [0, 0.1) is 21.7 Å². The average molecular weight is 727 g/mol. The number of hydrogen-bond acceptors (Lipinski definition) is 4. The Hall–Kier alpha value is -2.98.